The molecule has 3 aromatic rings. The number of aromatic nitrogens is 1. The summed E-state index contributed by atoms with van der Waals surface area (Å²) in [5, 5.41) is 13.6. The van der Waals surface area contributed by atoms with Crippen LogP contribution in [0.4, 0.5) is 10.1 Å². The second-order valence-electron chi connectivity index (χ2n) is 7.95. The quantitative estimate of drug-likeness (QED) is 0.634. The topological polar surface area (TPSA) is 78.2 Å². The van der Waals surface area contributed by atoms with Crippen molar-refractivity contribution in [3.05, 3.63) is 65.1 Å². The number of aryl methyl sites for hydroxylation is 1. The molecule has 0 bridgehead atoms. The van der Waals surface area contributed by atoms with Gasteiger partial charge in [-0.25, -0.2) is 4.39 Å². The van der Waals surface area contributed by atoms with Crippen molar-refractivity contribution < 1.29 is 13.9 Å². The van der Waals surface area contributed by atoms with Crippen LogP contribution in [0.5, 0.6) is 5.75 Å². The molecule has 0 aliphatic carbocycles. The number of likely N-dealkylation sites (tertiary alicyclic amines) is 1. The van der Waals surface area contributed by atoms with Crippen molar-refractivity contribution in [3.8, 4) is 11.8 Å². The number of nitrogens with zero attached hydrogens (tertiary/aromatic N) is 3. The molecule has 1 N–H and O–H groups in total. The van der Waals surface area contributed by atoms with Gasteiger partial charge in [0, 0.05) is 36.3 Å². The SMILES string of the molecule is CCOc1ccc(C(=O)N2CCC(Nc3c(C#N)cnc4c(C)cc(F)cc34)CC2)cc1. The zero-order valence-corrected chi connectivity index (χ0v) is 18.2. The Balaban J connectivity index is 1.47. The molecule has 1 amide bonds. The van der Waals surface area contributed by atoms with Crippen molar-refractivity contribution >= 4 is 22.5 Å². The number of halogens is 1. The summed E-state index contributed by atoms with van der Waals surface area (Å²) in [6, 6.07) is 12.3. The van der Waals surface area contributed by atoms with Crippen molar-refractivity contribution in [2.24, 2.45) is 0 Å². The van der Waals surface area contributed by atoms with Crippen molar-refractivity contribution in [2.75, 3.05) is 25.0 Å². The van der Waals surface area contributed by atoms with Gasteiger partial charge in [-0.3, -0.25) is 9.78 Å². The van der Waals surface area contributed by atoms with E-state index in [9.17, 15) is 14.4 Å². The van der Waals surface area contributed by atoms with Crippen molar-refractivity contribution in [1.82, 2.24) is 9.88 Å². The molecule has 1 aliphatic rings. The van der Waals surface area contributed by atoms with Gasteiger partial charge in [-0.2, -0.15) is 5.26 Å². The molecule has 4 rings (SSSR count). The Hall–Kier alpha value is -3.66. The smallest absolute Gasteiger partial charge is 0.253 e. The minimum atomic E-state index is -0.356. The summed E-state index contributed by atoms with van der Waals surface area (Å²) in [6.45, 7) is 5.51. The summed E-state index contributed by atoms with van der Waals surface area (Å²) >= 11 is 0. The van der Waals surface area contributed by atoms with Crippen molar-refractivity contribution in [2.45, 2.75) is 32.7 Å². The molecule has 1 aliphatic heterocycles. The fraction of sp³-hybridized carbons (Fsp3) is 0.320. The molecule has 7 heteroatoms. The van der Waals surface area contributed by atoms with Crippen LogP contribution in [0.15, 0.2) is 42.6 Å². The monoisotopic (exact) mass is 432 g/mol. The number of carbonyl (C=O) groups excluding carboxylic acids is 1. The largest absolute Gasteiger partial charge is 0.494 e. The van der Waals surface area contributed by atoms with Crippen molar-refractivity contribution in [3.63, 3.8) is 0 Å². The number of rotatable bonds is 5. The third kappa shape index (κ3) is 4.35. The van der Waals surface area contributed by atoms with Gasteiger partial charge >= 0.3 is 0 Å². The van der Waals surface area contributed by atoms with Crippen LogP contribution in [-0.4, -0.2) is 41.5 Å². The van der Waals surface area contributed by atoms with E-state index in [1.807, 2.05) is 24.0 Å². The lowest BCUT2D eigenvalue weighted by molar-refractivity contribution is 0.0718. The van der Waals surface area contributed by atoms with Gasteiger partial charge in [0.25, 0.3) is 5.91 Å². The highest BCUT2D eigenvalue weighted by Gasteiger charge is 2.25. The summed E-state index contributed by atoms with van der Waals surface area (Å²) < 4.78 is 19.5. The molecule has 1 aromatic heterocycles. The van der Waals surface area contributed by atoms with Crippen LogP contribution in [-0.2, 0) is 0 Å². The lowest BCUT2D eigenvalue weighted by atomic mass is 10.0. The van der Waals surface area contributed by atoms with Gasteiger partial charge in [0.1, 0.15) is 17.6 Å². The third-order valence-electron chi connectivity index (χ3n) is 5.79. The number of piperidine rings is 1. The van der Waals surface area contributed by atoms with Crippen LogP contribution in [0.1, 0.15) is 41.3 Å². The van der Waals surface area contributed by atoms with E-state index in [1.54, 1.807) is 19.1 Å². The molecule has 1 fully saturated rings. The second-order valence-corrected chi connectivity index (χ2v) is 7.95. The molecule has 0 atom stereocenters. The number of amides is 1. The van der Waals surface area contributed by atoms with Gasteiger partial charge in [0.15, 0.2) is 0 Å². The fourth-order valence-electron chi connectivity index (χ4n) is 4.15. The molecule has 0 spiro atoms. The highest BCUT2D eigenvalue weighted by molar-refractivity contribution is 5.96. The second kappa shape index (κ2) is 9.23. The van der Waals surface area contributed by atoms with E-state index in [0.29, 0.717) is 47.4 Å². The number of benzene rings is 2. The zero-order chi connectivity index (χ0) is 22.7. The third-order valence-corrected chi connectivity index (χ3v) is 5.79. The Morgan fingerprint density at radius 3 is 2.66 bits per heavy atom. The number of hydrogen-bond donors (Lipinski definition) is 1. The van der Waals surface area contributed by atoms with E-state index in [2.05, 4.69) is 16.4 Å². The fourth-order valence-corrected chi connectivity index (χ4v) is 4.15. The Kier molecular flexibility index (Phi) is 6.22. The first-order chi connectivity index (χ1) is 15.5. The molecule has 2 heterocycles. The van der Waals surface area contributed by atoms with E-state index >= 15 is 0 Å². The molecule has 2 aromatic carbocycles. The normalized spacial score (nSPS) is 14.2. The van der Waals surface area contributed by atoms with Crippen LogP contribution in [0.25, 0.3) is 10.9 Å². The summed E-state index contributed by atoms with van der Waals surface area (Å²) in [4.78, 5) is 19.0. The van der Waals surface area contributed by atoms with Gasteiger partial charge in [0.2, 0.25) is 0 Å². The van der Waals surface area contributed by atoms with Crippen LogP contribution < -0.4 is 10.1 Å². The van der Waals surface area contributed by atoms with Gasteiger partial charge in [0.05, 0.1) is 23.4 Å². The maximum absolute atomic E-state index is 14.1. The Morgan fingerprint density at radius 1 is 1.28 bits per heavy atom. The molecular formula is C25H25FN4O2. The average molecular weight is 432 g/mol. The number of carbonyl (C=O) groups is 1. The highest BCUT2D eigenvalue weighted by Crippen LogP contribution is 2.30. The maximum atomic E-state index is 14.1. The number of ether oxygens (including phenoxy) is 1. The van der Waals surface area contributed by atoms with Crippen LogP contribution in [0.2, 0.25) is 0 Å². The number of nitrogens with one attached hydrogen (secondary N) is 1. The van der Waals surface area contributed by atoms with Gasteiger partial charge in [-0.1, -0.05) is 0 Å². The zero-order valence-electron chi connectivity index (χ0n) is 18.2. The van der Waals surface area contributed by atoms with Crippen molar-refractivity contribution in [1.29, 1.82) is 5.26 Å². The Labute approximate surface area is 186 Å². The number of pyridine rings is 1. The first kappa shape index (κ1) is 21.6. The Bertz CT molecular complexity index is 1180. The molecule has 0 saturated carbocycles. The van der Waals surface area contributed by atoms with Crippen LogP contribution in [0, 0.1) is 24.1 Å². The van der Waals surface area contributed by atoms with E-state index in [1.165, 1.54) is 18.3 Å². The van der Waals surface area contributed by atoms with E-state index in [0.717, 1.165) is 24.2 Å². The molecule has 0 unspecified atom stereocenters. The van der Waals surface area contributed by atoms with E-state index < -0.39 is 0 Å². The van der Waals surface area contributed by atoms with Crippen LogP contribution in [0.3, 0.4) is 0 Å². The summed E-state index contributed by atoms with van der Waals surface area (Å²) in [5.74, 6) is 0.387. The lowest BCUT2D eigenvalue weighted by Crippen LogP contribution is -2.42. The number of anilines is 1. The first-order valence-electron chi connectivity index (χ1n) is 10.8. The molecule has 0 radical (unpaired) electrons. The lowest BCUT2D eigenvalue weighted by Gasteiger charge is -2.33. The predicted octanol–water partition coefficient (Wildman–Crippen LogP) is 4.67. The number of fused-ring (bicyclic) bond motifs is 1. The summed E-state index contributed by atoms with van der Waals surface area (Å²) in [5.41, 5.74) is 3.03. The van der Waals surface area contributed by atoms with Gasteiger partial charge in [-0.05, 0) is 68.7 Å². The van der Waals surface area contributed by atoms with Gasteiger partial charge in [-0.15, -0.1) is 0 Å². The molecule has 6 nitrogen and oxygen atoms in total. The Morgan fingerprint density at radius 2 is 2.00 bits per heavy atom. The molecule has 1 saturated heterocycles. The number of nitriles is 1. The molecule has 164 valence electrons. The highest BCUT2D eigenvalue weighted by atomic mass is 19.1. The van der Waals surface area contributed by atoms with E-state index in [-0.39, 0.29) is 17.8 Å². The summed E-state index contributed by atoms with van der Waals surface area (Å²) in [7, 11) is 0. The van der Waals surface area contributed by atoms with Crippen LogP contribution >= 0.6 is 0 Å². The minimum absolute atomic E-state index is 0.00345. The maximum Gasteiger partial charge on any atom is 0.253 e. The summed E-state index contributed by atoms with van der Waals surface area (Å²) in [6.07, 6.45) is 2.98. The average Bonchev–Trinajstić information content (AvgIpc) is 2.80. The first-order valence-corrected chi connectivity index (χ1v) is 10.8. The number of hydrogen-bond acceptors (Lipinski definition) is 5. The molecule has 32 heavy (non-hydrogen) atoms. The molecular weight excluding hydrogens is 407 g/mol. The standard InChI is InChI=1S/C25H25FN4O2/c1-3-32-21-6-4-17(5-7-21)25(31)30-10-8-20(9-11-30)29-24-18(14-27)15-28-23-16(2)12-19(26)13-22(23)24/h4-7,12-13,15,20H,3,8-11H2,1-2H3,(H,28,29). The van der Waals surface area contributed by atoms with Gasteiger partial charge < -0.3 is 15.0 Å². The predicted molar refractivity (Wildman–Crippen MR) is 121 cm³/mol. The van der Waals surface area contributed by atoms with E-state index in [4.69, 9.17) is 4.74 Å². The minimum Gasteiger partial charge on any atom is -0.494 e.